The van der Waals surface area contributed by atoms with Gasteiger partial charge in [-0.3, -0.25) is 4.68 Å². The number of rotatable bonds is 4. The zero-order valence-electron chi connectivity index (χ0n) is 10.4. The number of aliphatic hydroxyl groups excluding tert-OH is 1. The van der Waals surface area contributed by atoms with Gasteiger partial charge in [0.1, 0.15) is 0 Å². The molecule has 96 valence electrons. The van der Waals surface area contributed by atoms with E-state index in [1.54, 1.807) is 4.68 Å². The van der Waals surface area contributed by atoms with Crippen molar-refractivity contribution in [1.82, 2.24) is 9.78 Å². The Morgan fingerprint density at radius 2 is 2.28 bits per heavy atom. The lowest BCUT2D eigenvalue weighted by Crippen LogP contribution is -2.12. The van der Waals surface area contributed by atoms with Crippen molar-refractivity contribution < 1.29 is 5.11 Å². The molecule has 5 heteroatoms. The van der Waals surface area contributed by atoms with E-state index >= 15 is 0 Å². The first-order valence-corrected chi connectivity index (χ1v) is 6.53. The molecule has 0 saturated carbocycles. The molecule has 4 nitrogen and oxygen atoms in total. The molecular formula is C13H16BrN3O. The molecule has 0 aliphatic rings. The van der Waals surface area contributed by atoms with Gasteiger partial charge in [-0.1, -0.05) is 28.1 Å². The molecule has 1 aromatic heterocycles. The van der Waals surface area contributed by atoms with E-state index in [1.165, 1.54) is 0 Å². The van der Waals surface area contributed by atoms with Gasteiger partial charge in [-0.25, -0.2) is 0 Å². The Balaban J connectivity index is 2.00. The van der Waals surface area contributed by atoms with Crippen LogP contribution in [0.3, 0.4) is 0 Å². The second-order valence-electron chi connectivity index (χ2n) is 4.25. The summed E-state index contributed by atoms with van der Waals surface area (Å²) in [6.07, 6.45) is 1.37. The number of nitrogens with one attached hydrogen (secondary N) is 1. The number of aliphatic hydroxyl groups is 1. The van der Waals surface area contributed by atoms with E-state index in [2.05, 4.69) is 26.3 Å². The predicted octanol–water partition coefficient (Wildman–Crippen LogP) is 2.64. The smallest absolute Gasteiger partial charge is 0.0962 e. The van der Waals surface area contributed by atoms with Crippen LogP contribution in [0.2, 0.25) is 0 Å². The molecule has 0 aliphatic carbocycles. The van der Waals surface area contributed by atoms with Crippen LogP contribution in [0, 0.1) is 6.92 Å². The van der Waals surface area contributed by atoms with Crippen molar-refractivity contribution in [3.63, 3.8) is 0 Å². The van der Waals surface area contributed by atoms with Gasteiger partial charge in [0.15, 0.2) is 0 Å². The lowest BCUT2D eigenvalue weighted by Gasteiger charge is -2.12. The fourth-order valence-electron chi connectivity index (χ4n) is 1.81. The van der Waals surface area contributed by atoms with Gasteiger partial charge in [-0.05, 0) is 24.6 Å². The number of halogens is 1. The molecule has 2 N–H and O–H groups in total. The van der Waals surface area contributed by atoms with Crippen molar-refractivity contribution >= 4 is 21.6 Å². The lowest BCUT2D eigenvalue weighted by molar-refractivity contribution is 0.191. The number of hydrogen-bond donors (Lipinski definition) is 2. The van der Waals surface area contributed by atoms with Crippen molar-refractivity contribution in [3.8, 4) is 0 Å². The highest BCUT2D eigenvalue weighted by Gasteiger charge is 2.09. The van der Waals surface area contributed by atoms with E-state index in [0.717, 1.165) is 21.4 Å². The minimum atomic E-state index is -0.540. The van der Waals surface area contributed by atoms with Gasteiger partial charge >= 0.3 is 0 Å². The van der Waals surface area contributed by atoms with Gasteiger partial charge in [0.2, 0.25) is 0 Å². The van der Waals surface area contributed by atoms with E-state index < -0.39 is 6.10 Å². The Labute approximate surface area is 115 Å². The minimum absolute atomic E-state index is 0.461. The standard InChI is InChI=1S/C13H16BrN3O/c1-9-12(8-17(2)16-9)15-7-13(18)10-4-3-5-11(14)6-10/h3-6,8,13,15,18H,7H2,1-2H3. The Bertz CT molecular complexity index is 539. The van der Waals surface area contributed by atoms with Crippen LogP contribution in [0.1, 0.15) is 17.4 Å². The summed E-state index contributed by atoms with van der Waals surface area (Å²) < 4.78 is 2.72. The molecule has 0 fully saturated rings. The summed E-state index contributed by atoms with van der Waals surface area (Å²) in [5.74, 6) is 0. The summed E-state index contributed by atoms with van der Waals surface area (Å²) >= 11 is 3.40. The minimum Gasteiger partial charge on any atom is -0.387 e. The molecule has 0 bridgehead atoms. The molecular weight excluding hydrogens is 294 g/mol. The second-order valence-corrected chi connectivity index (χ2v) is 5.17. The highest BCUT2D eigenvalue weighted by molar-refractivity contribution is 9.10. The first kappa shape index (κ1) is 13.1. The molecule has 1 heterocycles. The number of aromatic nitrogens is 2. The van der Waals surface area contributed by atoms with Crippen LogP contribution < -0.4 is 5.32 Å². The summed E-state index contributed by atoms with van der Waals surface area (Å²) in [5, 5.41) is 17.5. The Morgan fingerprint density at radius 3 is 2.89 bits per heavy atom. The molecule has 0 aliphatic heterocycles. The molecule has 2 aromatic rings. The molecule has 18 heavy (non-hydrogen) atoms. The van der Waals surface area contributed by atoms with Crippen LogP contribution >= 0.6 is 15.9 Å². The summed E-state index contributed by atoms with van der Waals surface area (Å²) in [4.78, 5) is 0. The largest absolute Gasteiger partial charge is 0.387 e. The molecule has 1 atom stereocenters. The first-order chi connectivity index (χ1) is 8.56. The third-order valence-corrected chi connectivity index (χ3v) is 3.23. The third kappa shape index (κ3) is 3.11. The summed E-state index contributed by atoms with van der Waals surface area (Å²) in [5.41, 5.74) is 2.77. The van der Waals surface area contributed by atoms with Crippen LogP contribution in [-0.4, -0.2) is 21.4 Å². The monoisotopic (exact) mass is 309 g/mol. The van der Waals surface area contributed by atoms with E-state index in [1.807, 2.05) is 44.4 Å². The summed E-state index contributed by atoms with van der Waals surface area (Å²) in [6, 6.07) is 7.68. The van der Waals surface area contributed by atoms with Gasteiger partial charge in [-0.15, -0.1) is 0 Å². The average Bonchev–Trinajstić information content (AvgIpc) is 2.65. The number of nitrogens with zero attached hydrogens (tertiary/aromatic N) is 2. The van der Waals surface area contributed by atoms with Crippen molar-refractivity contribution in [2.24, 2.45) is 7.05 Å². The van der Waals surface area contributed by atoms with Crippen molar-refractivity contribution in [3.05, 3.63) is 46.2 Å². The maximum Gasteiger partial charge on any atom is 0.0962 e. The highest BCUT2D eigenvalue weighted by Crippen LogP contribution is 2.19. The Hall–Kier alpha value is -1.33. The maximum atomic E-state index is 10.1. The maximum absolute atomic E-state index is 10.1. The molecule has 0 radical (unpaired) electrons. The van der Waals surface area contributed by atoms with Crippen LogP contribution in [0.15, 0.2) is 34.9 Å². The van der Waals surface area contributed by atoms with Crippen molar-refractivity contribution in [2.75, 3.05) is 11.9 Å². The van der Waals surface area contributed by atoms with Crippen LogP contribution in [0.25, 0.3) is 0 Å². The van der Waals surface area contributed by atoms with E-state index in [4.69, 9.17) is 0 Å². The quantitative estimate of drug-likeness (QED) is 0.913. The van der Waals surface area contributed by atoms with Crippen molar-refractivity contribution in [1.29, 1.82) is 0 Å². The average molecular weight is 310 g/mol. The summed E-state index contributed by atoms with van der Waals surface area (Å²) in [6.45, 7) is 2.40. The summed E-state index contributed by atoms with van der Waals surface area (Å²) in [7, 11) is 1.88. The van der Waals surface area contributed by atoms with E-state index in [9.17, 15) is 5.11 Å². The number of benzene rings is 1. The Morgan fingerprint density at radius 1 is 1.50 bits per heavy atom. The number of hydrogen-bond acceptors (Lipinski definition) is 3. The third-order valence-electron chi connectivity index (χ3n) is 2.73. The number of aryl methyl sites for hydroxylation is 2. The molecule has 0 amide bonds. The molecule has 0 saturated heterocycles. The highest BCUT2D eigenvalue weighted by atomic mass is 79.9. The zero-order chi connectivity index (χ0) is 13.1. The van der Waals surface area contributed by atoms with Gasteiger partial charge in [0, 0.05) is 24.3 Å². The molecule has 0 spiro atoms. The lowest BCUT2D eigenvalue weighted by atomic mass is 10.1. The zero-order valence-corrected chi connectivity index (χ0v) is 12.0. The van der Waals surface area contributed by atoms with E-state index in [-0.39, 0.29) is 0 Å². The fraction of sp³-hybridized carbons (Fsp3) is 0.308. The van der Waals surface area contributed by atoms with Crippen LogP contribution in [0.4, 0.5) is 5.69 Å². The van der Waals surface area contributed by atoms with Gasteiger partial charge in [0.25, 0.3) is 0 Å². The van der Waals surface area contributed by atoms with E-state index in [0.29, 0.717) is 6.54 Å². The fourth-order valence-corrected chi connectivity index (χ4v) is 2.23. The normalized spacial score (nSPS) is 12.4. The predicted molar refractivity (Wildman–Crippen MR) is 75.5 cm³/mol. The van der Waals surface area contributed by atoms with Crippen LogP contribution in [0.5, 0.6) is 0 Å². The number of anilines is 1. The van der Waals surface area contributed by atoms with Crippen molar-refractivity contribution in [2.45, 2.75) is 13.0 Å². The van der Waals surface area contributed by atoms with Crippen LogP contribution in [-0.2, 0) is 7.05 Å². The van der Waals surface area contributed by atoms with Gasteiger partial charge in [-0.2, -0.15) is 5.10 Å². The SMILES string of the molecule is Cc1nn(C)cc1NCC(O)c1cccc(Br)c1. The first-order valence-electron chi connectivity index (χ1n) is 5.74. The topological polar surface area (TPSA) is 50.1 Å². The Kier molecular flexibility index (Phi) is 4.04. The van der Waals surface area contributed by atoms with Gasteiger partial charge < -0.3 is 10.4 Å². The second kappa shape index (κ2) is 5.54. The molecule has 1 aromatic carbocycles. The van der Waals surface area contributed by atoms with Gasteiger partial charge in [0.05, 0.1) is 17.5 Å². The molecule has 1 unspecified atom stereocenters. The molecule has 2 rings (SSSR count).